The second kappa shape index (κ2) is 7.87. The minimum Gasteiger partial charge on any atom is -0.468 e. The summed E-state index contributed by atoms with van der Waals surface area (Å²) in [5.41, 5.74) is -0.350. The van der Waals surface area contributed by atoms with Gasteiger partial charge in [-0.15, -0.1) is 0 Å². The van der Waals surface area contributed by atoms with Gasteiger partial charge in [-0.05, 0) is 31.3 Å². The van der Waals surface area contributed by atoms with Gasteiger partial charge in [-0.25, -0.2) is 0 Å². The molecule has 6 nitrogen and oxygen atoms in total. The molecular weight excluding hydrogens is 348 g/mol. The lowest BCUT2D eigenvalue weighted by molar-refractivity contribution is -0.170. The zero-order valence-electron chi connectivity index (χ0n) is 16.2. The smallest absolute Gasteiger partial charge is 0.327 e. The maximum absolute atomic E-state index is 12.8. The second-order valence-electron chi connectivity index (χ2n) is 7.73. The van der Waals surface area contributed by atoms with Crippen molar-refractivity contribution in [2.75, 3.05) is 14.2 Å². The normalized spacial score (nSPS) is 29.4. The van der Waals surface area contributed by atoms with Crippen LogP contribution in [0.15, 0.2) is 23.8 Å². The van der Waals surface area contributed by atoms with Gasteiger partial charge in [-0.1, -0.05) is 37.0 Å². The fraction of sp³-hybridized carbons (Fsp3) is 0.667. The molecule has 0 aromatic carbocycles. The van der Waals surface area contributed by atoms with E-state index < -0.39 is 23.5 Å². The van der Waals surface area contributed by atoms with Crippen LogP contribution >= 0.6 is 0 Å². The first-order chi connectivity index (χ1) is 12.9. The van der Waals surface area contributed by atoms with Gasteiger partial charge >= 0.3 is 17.9 Å². The molecular formula is C21H28O6. The quantitative estimate of drug-likeness (QED) is 0.325. The number of ether oxygens (including phenoxy) is 3. The number of carbonyl (C=O) groups is 3. The van der Waals surface area contributed by atoms with Gasteiger partial charge < -0.3 is 14.2 Å². The lowest BCUT2D eigenvalue weighted by Gasteiger charge is -2.37. The summed E-state index contributed by atoms with van der Waals surface area (Å²) in [5.74, 6) is -1.65. The van der Waals surface area contributed by atoms with Gasteiger partial charge in [0.05, 0.1) is 14.2 Å². The molecule has 0 radical (unpaired) electrons. The highest BCUT2D eigenvalue weighted by Crippen LogP contribution is 2.55. The molecule has 3 rings (SSSR count). The Hall–Kier alpha value is -2.11. The molecule has 0 saturated heterocycles. The molecule has 3 aliphatic rings. The minimum atomic E-state index is -1.48. The van der Waals surface area contributed by atoms with Crippen molar-refractivity contribution in [3.63, 3.8) is 0 Å². The number of methoxy groups -OCH3 is 2. The predicted molar refractivity (Wildman–Crippen MR) is 97.4 cm³/mol. The molecule has 3 atom stereocenters. The largest absolute Gasteiger partial charge is 0.468 e. The van der Waals surface area contributed by atoms with Crippen molar-refractivity contribution in [3.05, 3.63) is 23.8 Å². The molecule has 0 aromatic heterocycles. The monoisotopic (exact) mass is 376 g/mol. The number of fused-ring (bicyclic) bond motifs is 1. The highest BCUT2D eigenvalue weighted by molar-refractivity contribution is 6.03. The van der Waals surface area contributed by atoms with E-state index in [-0.39, 0.29) is 17.8 Å². The fourth-order valence-electron chi connectivity index (χ4n) is 5.10. The van der Waals surface area contributed by atoms with Crippen molar-refractivity contribution >= 4 is 17.9 Å². The van der Waals surface area contributed by atoms with Gasteiger partial charge in [-0.3, -0.25) is 14.4 Å². The first-order valence-corrected chi connectivity index (χ1v) is 9.69. The zero-order chi connectivity index (χ0) is 19.6. The van der Waals surface area contributed by atoms with Gasteiger partial charge in [-0.2, -0.15) is 0 Å². The highest BCUT2D eigenvalue weighted by atomic mass is 16.5. The molecule has 0 aromatic rings. The van der Waals surface area contributed by atoms with Crippen LogP contribution in [-0.2, 0) is 28.6 Å². The van der Waals surface area contributed by atoms with Crippen LogP contribution in [0.3, 0.4) is 0 Å². The number of allylic oxidation sites excluding steroid dienone is 2. The van der Waals surface area contributed by atoms with Crippen molar-refractivity contribution in [2.24, 2.45) is 23.2 Å². The van der Waals surface area contributed by atoms with Gasteiger partial charge in [0.2, 0.25) is 0 Å². The Morgan fingerprint density at radius 2 is 1.63 bits per heavy atom. The van der Waals surface area contributed by atoms with E-state index in [4.69, 9.17) is 14.2 Å². The Balaban J connectivity index is 2.04. The Morgan fingerprint density at radius 3 is 2.19 bits per heavy atom. The van der Waals surface area contributed by atoms with E-state index in [9.17, 15) is 14.4 Å². The molecule has 0 heterocycles. The third-order valence-corrected chi connectivity index (χ3v) is 6.26. The first kappa shape index (κ1) is 19.6. The molecule has 148 valence electrons. The molecule has 1 fully saturated rings. The number of rotatable bonds is 4. The van der Waals surface area contributed by atoms with Crippen LogP contribution in [0, 0.1) is 23.2 Å². The lowest BCUT2D eigenvalue weighted by atomic mass is 9.68. The van der Waals surface area contributed by atoms with Crippen LogP contribution in [-0.4, -0.2) is 38.2 Å². The molecule has 0 N–H and O–H groups in total. The molecule has 0 spiro atoms. The van der Waals surface area contributed by atoms with Crippen LogP contribution in [0.2, 0.25) is 0 Å². The summed E-state index contributed by atoms with van der Waals surface area (Å²) < 4.78 is 15.4. The Kier molecular flexibility index (Phi) is 5.72. The third kappa shape index (κ3) is 3.42. The molecule has 0 unspecified atom stereocenters. The zero-order valence-corrected chi connectivity index (χ0v) is 16.2. The number of hydrogen-bond donors (Lipinski definition) is 0. The summed E-state index contributed by atoms with van der Waals surface area (Å²) in [5, 5.41) is 0. The number of carbonyl (C=O) groups excluding carboxylic acids is 3. The minimum absolute atomic E-state index is 0.0434. The molecule has 27 heavy (non-hydrogen) atoms. The van der Waals surface area contributed by atoms with Crippen LogP contribution in [0.4, 0.5) is 0 Å². The van der Waals surface area contributed by atoms with Crippen LogP contribution in [0.25, 0.3) is 0 Å². The molecule has 0 bridgehead atoms. The SMILES string of the molecule is COC(=O)C1(C(=O)OC)C=C(C2CCCCC2)[C@H]2C=C[C@H](OC(C)=O)C[C@H]21. The van der Waals surface area contributed by atoms with Gasteiger partial charge in [0.25, 0.3) is 0 Å². The van der Waals surface area contributed by atoms with E-state index in [2.05, 4.69) is 0 Å². The number of hydrogen-bond acceptors (Lipinski definition) is 6. The summed E-state index contributed by atoms with van der Waals surface area (Å²) >= 11 is 0. The summed E-state index contributed by atoms with van der Waals surface area (Å²) in [6, 6.07) is 0. The van der Waals surface area contributed by atoms with E-state index in [0.717, 1.165) is 31.3 Å². The highest BCUT2D eigenvalue weighted by Gasteiger charge is 2.61. The van der Waals surface area contributed by atoms with Crippen molar-refractivity contribution in [1.29, 1.82) is 0 Å². The van der Waals surface area contributed by atoms with E-state index >= 15 is 0 Å². The molecule has 6 heteroatoms. The van der Waals surface area contributed by atoms with E-state index in [1.54, 1.807) is 0 Å². The van der Waals surface area contributed by atoms with E-state index in [1.165, 1.54) is 27.6 Å². The maximum atomic E-state index is 12.8. The van der Waals surface area contributed by atoms with Gasteiger partial charge in [0.15, 0.2) is 5.41 Å². The molecule has 1 saturated carbocycles. The van der Waals surface area contributed by atoms with Crippen molar-refractivity contribution in [2.45, 2.75) is 51.6 Å². The lowest BCUT2D eigenvalue weighted by Crippen LogP contribution is -2.47. The van der Waals surface area contributed by atoms with Crippen molar-refractivity contribution < 1.29 is 28.6 Å². The summed E-state index contributed by atoms with van der Waals surface area (Å²) in [6.45, 7) is 1.36. The Morgan fingerprint density at radius 1 is 1.00 bits per heavy atom. The third-order valence-electron chi connectivity index (χ3n) is 6.26. The van der Waals surface area contributed by atoms with Crippen molar-refractivity contribution in [1.82, 2.24) is 0 Å². The second-order valence-corrected chi connectivity index (χ2v) is 7.73. The van der Waals surface area contributed by atoms with Crippen molar-refractivity contribution in [3.8, 4) is 0 Å². The summed E-state index contributed by atoms with van der Waals surface area (Å²) in [6.07, 6.45) is 11.3. The van der Waals surface area contributed by atoms with E-state index in [0.29, 0.717) is 12.3 Å². The first-order valence-electron chi connectivity index (χ1n) is 9.69. The van der Waals surface area contributed by atoms with Gasteiger partial charge in [0.1, 0.15) is 6.10 Å². The molecule has 3 aliphatic carbocycles. The summed E-state index contributed by atoms with van der Waals surface area (Å²) in [7, 11) is 2.58. The molecule has 0 amide bonds. The topological polar surface area (TPSA) is 78.9 Å². The van der Waals surface area contributed by atoms with Crippen LogP contribution in [0.5, 0.6) is 0 Å². The predicted octanol–water partition coefficient (Wildman–Crippen LogP) is 2.96. The number of esters is 3. The standard InChI is InChI=1S/C21H28O6/c1-13(22)27-15-9-10-16-17(14-7-5-4-6-8-14)12-21(18(16)11-15,19(23)25-2)20(24)26-3/h9-10,12,14-16,18H,4-8,11H2,1-3H3/t15-,16+,18+/m0/s1. The average molecular weight is 376 g/mol. The van der Waals surface area contributed by atoms with Crippen LogP contribution in [0.1, 0.15) is 45.4 Å². The Bertz CT molecular complexity index is 654. The van der Waals surface area contributed by atoms with Gasteiger partial charge in [0, 0.05) is 18.8 Å². The fourth-order valence-corrected chi connectivity index (χ4v) is 5.10. The molecule has 0 aliphatic heterocycles. The van der Waals surface area contributed by atoms with E-state index in [1.807, 2.05) is 18.2 Å². The Labute approximate surface area is 159 Å². The summed E-state index contributed by atoms with van der Waals surface area (Å²) in [4.78, 5) is 37.1. The average Bonchev–Trinajstić information content (AvgIpc) is 3.02. The maximum Gasteiger partial charge on any atom is 0.327 e. The van der Waals surface area contributed by atoms with Crippen LogP contribution < -0.4 is 0 Å².